The molecule has 0 bridgehead atoms. The van der Waals surface area contributed by atoms with Gasteiger partial charge in [-0.05, 0) is 18.9 Å². The lowest BCUT2D eigenvalue weighted by atomic mass is 10.00. The highest BCUT2D eigenvalue weighted by molar-refractivity contribution is 5.85. The van der Waals surface area contributed by atoms with Gasteiger partial charge < -0.3 is 15.2 Å². The molecule has 98 valence electrons. The van der Waals surface area contributed by atoms with Crippen LogP contribution < -0.4 is 5.32 Å². The van der Waals surface area contributed by atoms with Crippen LogP contribution >= 0.6 is 0 Å². The Morgan fingerprint density at radius 3 is 3.22 bits per heavy atom. The first kappa shape index (κ1) is 12.8. The summed E-state index contributed by atoms with van der Waals surface area (Å²) in [6.07, 6.45) is 3.73. The number of ether oxygens (including phenoxy) is 1. The number of hydrogen-bond donors (Lipinski definition) is 2. The van der Waals surface area contributed by atoms with Crippen molar-refractivity contribution < 1.29 is 14.6 Å². The molecule has 2 atom stereocenters. The molecule has 1 saturated heterocycles. The average Bonchev–Trinajstić information content (AvgIpc) is 2.84. The fourth-order valence-electron chi connectivity index (χ4n) is 2.16. The van der Waals surface area contributed by atoms with Gasteiger partial charge in [0, 0.05) is 25.3 Å². The quantitative estimate of drug-likeness (QED) is 0.823. The summed E-state index contributed by atoms with van der Waals surface area (Å²) in [4.78, 5) is 18.7. The van der Waals surface area contributed by atoms with Crippen LogP contribution in [0.2, 0.25) is 0 Å². The Hall–Kier alpha value is -1.69. The third-order valence-corrected chi connectivity index (χ3v) is 3.15. The molecule has 2 rings (SSSR count). The first-order valence-corrected chi connectivity index (χ1v) is 6.12. The molecule has 0 amide bonds. The fourth-order valence-corrected chi connectivity index (χ4v) is 2.16. The topological polar surface area (TPSA) is 84.3 Å². The van der Waals surface area contributed by atoms with Crippen molar-refractivity contribution in [3.8, 4) is 0 Å². The summed E-state index contributed by atoms with van der Waals surface area (Å²) >= 11 is 0. The second-order valence-corrected chi connectivity index (χ2v) is 4.32. The number of hydrogen-bond acceptors (Lipinski definition) is 5. The van der Waals surface area contributed by atoms with Crippen LogP contribution in [0.15, 0.2) is 12.3 Å². The maximum absolute atomic E-state index is 10.8. The van der Waals surface area contributed by atoms with Crippen molar-refractivity contribution in [2.24, 2.45) is 5.92 Å². The monoisotopic (exact) mass is 251 g/mol. The maximum atomic E-state index is 10.8. The van der Waals surface area contributed by atoms with E-state index in [4.69, 9.17) is 9.84 Å². The standard InChI is InChI=1S/C12H17N3O3/c1-2-10-8(4-6-18-10)7-14-12-13-5-3-9(15-12)11(16)17/h3,5,8,10H,2,4,6-7H2,1H3,(H,16,17)(H,13,14,15). The van der Waals surface area contributed by atoms with Crippen LogP contribution in [0.4, 0.5) is 5.95 Å². The lowest BCUT2D eigenvalue weighted by Crippen LogP contribution is -2.23. The molecule has 1 aliphatic heterocycles. The Morgan fingerprint density at radius 2 is 2.50 bits per heavy atom. The van der Waals surface area contributed by atoms with E-state index in [9.17, 15) is 4.79 Å². The predicted molar refractivity (Wildman–Crippen MR) is 65.6 cm³/mol. The number of aromatic nitrogens is 2. The van der Waals surface area contributed by atoms with E-state index in [0.29, 0.717) is 18.4 Å². The molecule has 0 saturated carbocycles. The summed E-state index contributed by atoms with van der Waals surface area (Å²) in [6.45, 7) is 3.60. The first-order valence-electron chi connectivity index (χ1n) is 6.12. The Kier molecular flexibility index (Phi) is 4.09. The number of carboxylic acids is 1. The van der Waals surface area contributed by atoms with Gasteiger partial charge in [-0.1, -0.05) is 6.92 Å². The Labute approximate surface area is 105 Å². The molecule has 1 aliphatic rings. The molecule has 6 heteroatoms. The third kappa shape index (κ3) is 2.95. The van der Waals surface area contributed by atoms with Crippen LogP contribution in [0.3, 0.4) is 0 Å². The second-order valence-electron chi connectivity index (χ2n) is 4.32. The van der Waals surface area contributed by atoms with Crippen molar-refractivity contribution in [3.05, 3.63) is 18.0 Å². The number of carbonyl (C=O) groups is 1. The number of nitrogens with zero attached hydrogens (tertiary/aromatic N) is 2. The highest BCUT2D eigenvalue weighted by Crippen LogP contribution is 2.23. The molecule has 0 aliphatic carbocycles. The highest BCUT2D eigenvalue weighted by Gasteiger charge is 2.26. The van der Waals surface area contributed by atoms with E-state index in [1.807, 2.05) is 0 Å². The Morgan fingerprint density at radius 1 is 1.67 bits per heavy atom. The maximum Gasteiger partial charge on any atom is 0.354 e. The molecule has 2 unspecified atom stereocenters. The number of carboxylic acid groups (broad SMARTS) is 1. The van der Waals surface area contributed by atoms with Crippen molar-refractivity contribution >= 4 is 11.9 Å². The lowest BCUT2D eigenvalue weighted by Gasteiger charge is -2.17. The molecule has 0 aromatic carbocycles. The zero-order valence-electron chi connectivity index (χ0n) is 10.3. The van der Waals surface area contributed by atoms with Gasteiger partial charge in [0.25, 0.3) is 0 Å². The zero-order valence-corrected chi connectivity index (χ0v) is 10.3. The van der Waals surface area contributed by atoms with Gasteiger partial charge >= 0.3 is 5.97 Å². The summed E-state index contributed by atoms with van der Waals surface area (Å²) < 4.78 is 5.59. The summed E-state index contributed by atoms with van der Waals surface area (Å²) in [5.74, 6) is -0.250. The van der Waals surface area contributed by atoms with E-state index in [1.165, 1.54) is 12.3 Å². The molecule has 1 fully saturated rings. The second kappa shape index (κ2) is 5.77. The molecule has 1 aromatic rings. The molecule has 18 heavy (non-hydrogen) atoms. The van der Waals surface area contributed by atoms with E-state index in [2.05, 4.69) is 22.2 Å². The van der Waals surface area contributed by atoms with Crippen LogP contribution in [0.1, 0.15) is 30.3 Å². The minimum Gasteiger partial charge on any atom is -0.477 e. The van der Waals surface area contributed by atoms with Gasteiger partial charge in [0.15, 0.2) is 5.69 Å². The van der Waals surface area contributed by atoms with Gasteiger partial charge in [-0.3, -0.25) is 0 Å². The number of anilines is 1. The minimum absolute atomic E-state index is 0.00205. The van der Waals surface area contributed by atoms with E-state index >= 15 is 0 Å². The zero-order chi connectivity index (χ0) is 13.0. The molecule has 1 aromatic heterocycles. The minimum atomic E-state index is -1.05. The van der Waals surface area contributed by atoms with Crippen molar-refractivity contribution in [2.75, 3.05) is 18.5 Å². The van der Waals surface area contributed by atoms with Gasteiger partial charge in [0.05, 0.1) is 6.10 Å². The highest BCUT2D eigenvalue weighted by atomic mass is 16.5. The number of aromatic carboxylic acids is 1. The van der Waals surface area contributed by atoms with Crippen molar-refractivity contribution in [3.63, 3.8) is 0 Å². The van der Waals surface area contributed by atoms with Gasteiger partial charge in [0.2, 0.25) is 5.95 Å². The van der Waals surface area contributed by atoms with Crippen LogP contribution in [-0.2, 0) is 4.74 Å². The number of nitrogens with one attached hydrogen (secondary N) is 1. The van der Waals surface area contributed by atoms with E-state index < -0.39 is 5.97 Å². The van der Waals surface area contributed by atoms with Crippen molar-refractivity contribution in [2.45, 2.75) is 25.9 Å². The first-order chi connectivity index (χ1) is 8.70. The SMILES string of the molecule is CCC1OCCC1CNc1nccc(C(=O)O)n1. The normalized spacial score (nSPS) is 22.9. The Balaban J connectivity index is 1.93. The van der Waals surface area contributed by atoms with Crippen LogP contribution in [0.5, 0.6) is 0 Å². The molecule has 0 radical (unpaired) electrons. The third-order valence-electron chi connectivity index (χ3n) is 3.15. The Bertz CT molecular complexity index is 425. The van der Waals surface area contributed by atoms with E-state index in [0.717, 1.165) is 19.4 Å². The molecule has 2 N–H and O–H groups in total. The summed E-state index contributed by atoms with van der Waals surface area (Å²) in [6, 6.07) is 1.38. The van der Waals surface area contributed by atoms with Crippen LogP contribution in [0.25, 0.3) is 0 Å². The molecular formula is C12H17N3O3. The molecule has 2 heterocycles. The van der Waals surface area contributed by atoms with Crippen LogP contribution in [0, 0.1) is 5.92 Å². The lowest BCUT2D eigenvalue weighted by molar-refractivity contribution is 0.0690. The summed E-state index contributed by atoms with van der Waals surface area (Å²) in [5.41, 5.74) is 0.00205. The van der Waals surface area contributed by atoms with Gasteiger partial charge in [-0.25, -0.2) is 14.8 Å². The van der Waals surface area contributed by atoms with Crippen LogP contribution in [-0.4, -0.2) is 40.3 Å². The van der Waals surface area contributed by atoms with Crippen molar-refractivity contribution in [1.29, 1.82) is 0 Å². The van der Waals surface area contributed by atoms with E-state index in [-0.39, 0.29) is 11.8 Å². The smallest absolute Gasteiger partial charge is 0.354 e. The van der Waals surface area contributed by atoms with Gasteiger partial charge in [-0.15, -0.1) is 0 Å². The average molecular weight is 251 g/mol. The largest absolute Gasteiger partial charge is 0.477 e. The summed E-state index contributed by atoms with van der Waals surface area (Å²) in [7, 11) is 0. The van der Waals surface area contributed by atoms with Crippen molar-refractivity contribution in [1.82, 2.24) is 9.97 Å². The molecule has 0 spiro atoms. The van der Waals surface area contributed by atoms with Gasteiger partial charge in [0.1, 0.15) is 0 Å². The molecule has 6 nitrogen and oxygen atoms in total. The van der Waals surface area contributed by atoms with Gasteiger partial charge in [-0.2, -0.15) is 0 Å². The molecular weight excluding hydrogens is 234 g/mol. The number of rotatable bonds is 5. The summed E-state index contributed by atoms with van der Waals surface area (Å²) in [5, 5.41) is 11.9. The fraction of sp³-hybridized carbons (Fsp3) is 0.583. The van der Waals surface area contributed by atoms with E-state index in [1.54, 1.807) is 0 Å². The predicted octanol–water partition coefficient (Wildman–Crippen LogP) is 1.40.